The van der Waals surface area contributed by atoms with E-state index in [0.29, 0.717) is 0 Å². The largest absolute Gasteiger partial charge is 1.00 e. The van der Waals surface area contributed by atoms with Crippen molar-refractivity contribution in [2.24, 2.45) is 0 Å². The smallest absolute Gasteiger partial charge is 0.104 e. The average Bonchev–Trinajstić information content (AvgIpc) is 2.16. The van der Waals surface area contributed by atoms with E-state index in [1.807, 2.05) is 6.07 Å². The minimum Gasteiger partial charge on any atom is -1.00 e. The summed E-state index contributed by atoms with van der Waals surface area (Å²) in [6, 6.07) is 10.5. The van der Waals surface area contributed by atoms with Crippen LogP contribution in [0.2, 0.25) is 0 Å². The molecule has 86 valence electrons. The lowest BCUT2D eigenvalue weighted by molar-refractivity contribution is -0.903. The van der Waals surface area contributed by atoms with Gasteiger partial charge in [0.15, 0.2) is 0 Å². The van der Waals surface area contributed by atoms with Crippen LogP contribution in [0, 0.1) is 0 Å². The van der Waals surface area contributed by atoms with Crippen molar-refractivity contribution in [1.29, 1.82) is 0 Å². The molecular formula is C12H20BrNO. The zero-order valence-corrected chi connectivity index (χ0v) is 11.1. The number of rotatable bonds is 5. The van der Waals surface area contributed by atoms with Gasteiger partial charge in [-0.25, -0.2) is 0 Å². The summed E-state index contributed by atoms with van der Waals surface area (Å²) in [5.41, 5.74) is 1.36. The van der Waals surface area contributed by atoms with Crippen LogP contribution in [-0.2, 0) is 6.54 Å². The van der Waals surface area contributed by atoms with E-state index in [0.717, 1.165) is 24.0 Å². The first-order chi connectivity index (χ1) is 6.64. The third-order valence-electron chi connectivity index (χ3n) is 2.37. The molecular weight excluding hydrogens is 254 g/mol. The third-order valence-corrected chi connectivity index (χ3v) is 2.37. The van der Waals surface area contributed by atoms with Crippen molar-refractivity contribution < 1.29 is 26.6 Å². The highest BCUT2D eigenvalue weighted by Gasteiger charge is 2.14. The SMILES string of the molecule is C[N+](C)(CCCO)Cc1ccccc1.[Br-]. The van der Waals surface area contributed by atoms with Crippen LogP contribution in [0.25, 0.3) is 0 Å². The highest BCUT2D eigenvalue weighted by Crippen LogP contribution is 2.09. The summed E-state index contributed by atoms with van der Waals surface area (Å²) in [4.78, 5) is 0. The van der Waals surface area contributed by atoms with E-state index in [-0.39, 0.29) is 23.6 Å². The second-order valence-corrected chi connectivity index (χ2v) is 4.38. The van der Waals surface area contributed by atoms with Gasteiger partial charge < -0.3 is 26.6 Å². The van der Waals surface area contributed by atoms with Gasteiger partial charge >= 0.3 is 0 Å². The number of halogens is 1. The van der Waals surface area contributed by atoms with Crippen LogP contribution in [0.3, 0.4) is 0 Å². The normalized spacial score (nSPS) is 10.9. The summed E-state index contributed by atoms with van der Waals surface area (Å²) in [7, 11) is 4.39. The van der Waals surface area contributed by atoms with Gasteiger partial charge in [0.05, 0.1) is 20.6 Å². The van der Waals surface area contributed by atoms with Crippen LogP contribution in [-0.4, -0.2) is 36.8 Å². The minimum atomic E-state index is 0. The van der Waals surface area contributed by atoms with Gasteiger partial charge in [-0.15, -0.1) is 0 Å². The molecule has 1 rings (SSSR count). The molecule has 0 amide bonds. The predicted molar refractivity (Wildman–Crippen MR) is 58.8 cm³/mol. The van der Waals surface area contributed by atoms with Crippen molar-refractivity contribution >= 4 is 0 Å². The highest BCUT2D eigenvalue weighted by molar-refractivity contribution is 5.13. The number of hydrogen-bond donors (Lipinski definition) is 1. The molecule has 3 heteroatoms. The van der Waals surface area contributed by atoms with E-state index in [2.05, 4.69) is 38.4 Å². The quantitative estimate of drug-likeness (QED) is 0.658. The molecule has 0 unspecified atom stereocenters. The molecule has 0 fully saturated rings. The lowest BCUT2D eigenvalue weighted by Crippen LogP contribution is -3.00. The Morgan fingerprint density at radius 1 is 1.13 bits per heavy atom. The number of aliphatic hydroxyl groups is 1. The number of nitrogens with zero attached hydrogens (tertiary/aromatic N) is 1. The van der Waals surface area contributed by atoms with Gasteiger partial charge in [-0.05, 0) is 0 Å². The lowest BCUT2D eigenvalue weighted by atomic mass is 10.2. The first-order valence-electron chi connectivity index (χ1n) is 5.11. The van der Waals surface area contributed by atoms with Gasteiger partial charge in [0.25, 0.3) is 0 Å². The number of benzene rings is 1. The van der Waals surface area contributed by atoms with E-state index in [1.165, 1.54) is 5.56 Å². The van der Waals surface area contributed by atoms with E-state index < -0.39 is 0 Å². The van der Waals surface area contributed by atoms with Gasteiger partial charge in [-0.2, -0.15) is 0 Å². The fourth-order valence-electron chi connectivity index (χ4n) is 1.66. The molecule has 0 spiro atoms. The van der Waals surface area contributed by atoms with E-state index >= 15 is 0 Å². The summed E-state index contributed by atoms with van der Waals surface area (Å²) >= 11 is 0. The maximum absolute atomic E-state index is 8.79. The Kier molecular flexibility index (Phi) is 6.81. The first kappa shape index (κ1) is 14.6. The fourth-order valence-corrected chi connectivity index (χ4v) is 1.66. The molecule has 2 nitrogen and oxygen atoms in total. The molecule has 0 radical (unpaired) electrons. The van der Waals surface area contributed by atoms with E-state index in [1.54, 1.807) is 0 Å². The molecule has 0 aliphatic rings. The van der Waals surface area contributed by atoms with Gasteiger partial charge in [0, 0.05) is 18.6 Å². The molecule has 0 aromatic heterocycles. The minimum absolute atomic E-state index is 0. The van der Waals surface area contributed by atoms with Crippen molar-refractivity contribution in [3.05, 3.63) is 35.9 Å². The third kappa shape index (κ3) is 5.92. The summed E-state index contributed by atoms with van der Waals surface area (Å²) in [6.45, 7) is 2.34. The van der Waals surface area contributed by atoms with Crippen LogP contribution in [0.15, 0.2) is 30.3 Å². The number of quaternary nitrogens is 1. The maximum atomic E-state index is 8.79. The van der Waals surface area contributed by atoms with Crippen LogP contribution in [0.5, 0.6) is 0 Å². The molecule has 0 saturated carbocycles. The summed E-state index contributed by atoms with van der Waals surface area (Å²) in [5.74, 6) is 0. The number of aliphatic hydroxyl groups excluding tert-OH is 1. The fraction of sp³-hybridized carbons (Fsp3) is 0.500. The Bertz CT molecular complexity index is 262. The van der Waals surface area contributed by atoms with E-state index in [9.17, 15) is 0 Å². The second kappa shape index (κ2) is 6.99. The molecule has 0 aliphatic carbocycles. The van der Waals surface area contributed by atoms with Gasteiger partial charge in [0.2, 0.25) is 0 Å². The molecule has 1 aromatic carbocycles. The Hall–Kier alpha value is -0.380. The first-order valence-corrected chi connectivity index (χ1v) is 5.11. The standard InChI is InChI=1S/C12H20NO.BrH/c1-13(2,9-6-10-14)11-12-7-4-3-5-8-12;/h3-5,7-8,14H,6,9-11H2,1-2H3;1H/q+1;/p-1. The topological polar surface area (TPSA) is 20.2 Å². The molecule has 15 heavy (non-hydrogen) atoms. The maximum Gasteiger partial charge on any atom is 0.104 e. The van der Waals surface area contributed by atoms with Crippen LogP contribution in [0.4, 0.5) is 0 Å². The molecule has 1 aromatic rings. The van der Waals surface area contributed by atoms with Crippen molar-refractivity contribution in [2.75, 3.05) is 27.2 Å². The second-order valence-electron chi connectivity index (χ2n) is 4.38. The molecule has 0 atom stereocenters. The number of hydrogen-bond acceptors (Lipinski definition) is 1. The van der Waals surface area contributed by atoms with Gasteiger partial charge in [0.1, 0.15) is 6.54 Å². The van der Waals surface area contributed by atoms with E-state index in [4.69, 9.17) is 5.11 Å². The lowest BCUT2D eigenvalue weighted by Gasteiger charge is -2.29. The highest BCUT2D eigenvalue weighted by atomic mass is 79.9. The molecule has 0 aliphatic heterocycles. The van der Waals surface area contributed by atoms with Crippen LogP contribution in [0.1, 0.15) is 12.0 Å². The monoisotopic (exact) mass is 273 g/mol. The Balaban J connectivity index is 0.00000196. The molecule has 1 N–H and O–H groups in total. The molecule has 0 heterocycles. The summed E-state index contributed by atoms with van der Waals surface area (Å²) in [5, 5.41) is 8.79. The van der Waals surface area contributed by atoms with Gasteiger partial charge in [-0.1, -0.05) is 30.3 Å². The van der Waals surface area contributed by atoms with Crippen molar-refractivity contribution in [3.8, 4) is 0 Å². The van der Waals surface area contributed by atoms with Crippen molar-refractivity contribution in [3.63, 3.8) is 0 Å². The Labute approximate surface area is 103 Å². The van der Waals surface area contributed by atoms with Crippen molar-refractivity contribution in [2.45, 2.75) is 13.0 Å². The molecule has 0 bridgehead atoms. The average molecular weight is 274 g/mol. The Morgan fingerprint density at radius 3 is 2.27 bits per heavy atom. The van der Waals surface area contributed by atoms with Gasteiger partial charge in [-0.3, -0.25) is 0 Å². The predicted octanol–water partition coefficient (Wildman–Crippen LogP) is -1.35. The Morgan fingerprint density at radius 2 is 1.73 bits per heavy atom. The summed E-state index contributed by atoms with van der Waals surface area (Å²) in [6.07, 6.45) is 0.875. The zero-order chi connectivity index (χ0) is 10.4. The van der Waals surface area contributed by atoms with Crippen LogP contribution < -0.4 is 17.0 Å². The summed E-state index contributed by atoms with van der Waals surface area (Å²) < 4.78 is 0.935. The zero-order valence-electron chi connectivity index (χ0n) is 9.49. The molecule has 0 saturated heterocycles. The van der Waals surface area contributed by atoms with Crippen molar-refractivity contribution in [1.82, 2.24) is 0 Å². The van der Waals surface area contributed by atoms with Crippen LogP contribution >= 0.6 is 0 Å².